The number of aromatic nitrogens is 3. The highest BCUT2D eigenvalue weighted by molar-refractivity contribution is 6.12. The van der Waals surface area contributed by atoms with Crippen molar-refractivity contribution in [3.05, 3.63) is 58.3 Å². The summed E-state index contributed by atoms with van der Waals surface area (Å²) in [5.41, 5.74) is 0.930. The lowest BCUT2D eigenvalue weighted by Crippen LogP contribution is -2.23. The monoisotopic (exact) mass is 322 g/mol. The first kappa shape index (κ1) is 14.7. The van der Waals surface area contributed by atoms with Gasteiger partial charge in [0.05, 0.1) is 17.3 Å². The predicted octanol–water partition coefficient (Wildman–Crippen LogP) is 2.32. The molecule has 1 amide bonds. The lowest BCUT2D eigenvalue weighted by Gasteiger charge is -2.17. The minimum atomic E-state index is -0.280. The van der Waals surface area contributed by atoms with Crippen LogP contribution in [-0.4, -0.2) is 20.0 Å². The van der Waals surface area contributed by atoms with Gasteiger partial charge in [-0.3, -0.25) is 9.59 Å². The normalized spacial score (nSPS) is 13.7. The zero-order valence-electron chi connectivity index (χ0n) is 13.5. The molecule has 0 saturated carbocycles. The van der Waals surface area contributed by atoms with Gasteiger partial charge in [0.2, 0.25) is 0 Å². The third-order valence-electron chi connectivity index (χ3n) is 4.61. The number of rotatable bonds is 2. The van der Waals surface area contributed by atoms with Crippen LogP contribution in [0.2, 0.25) is 0 Å². The standard InChI is InChI=1S/C18H18N4O2/c1-21-14-7-3-2-6-12(14)13(10-17(21)23)18(24)20-16-11-19-15-8-4-5-9-22(15)16/h2-3,6-7,10-11H,4-5,8-9H2,1H3,(H,20,24). The maximum absolute atomic E-state index is 12.8. The maximum atomic E-state index is 12.8. The van der Waals surface area contributed by atoms with E-state index in [1.165, 1.54) is 6.07 Å². The molecule has 1 N–H and O–H groups in total. The number of imidazole rings is 1. The average Bonchev–Trinajstić information content (AvgIpc) is 3.01. The van der Waals surface area contributed by atoms with E-state index in [1.54, 1.807) is 17.8 Å². The van der Waals surface area contributed by atoms with Crippen molar-refractivity contribution in [3.8, 4) is 0 Å². The average molecular weight is 322 g/mol. The number of carbonyl (C=O) groups is 1. The van der Waals surface area contributed by atoms with Gasteiger partial charge in [-0.2, -0.15) is 0 Å². The van der Waals surface area contributed by atoms with E-state index in [2.05, 4.69) is 10.3 Å². The third-order valence-corrected chi connectivity index (χ3v) is 4.61. The van der Waals surface area contributed by atoms with E-state index in [9.17, 15) is 9.59 Å². The smallest absolute Gasteiger partial charge is 0.257 e. The SMILES string of the molecule is Cn1c(=O)cc(C(=O)Nc2cnc3n2CCCC3)c2ccccc21. The fourth-order valence-corrected chi connectivity index (χ4v) is 3.30. The number of carbonyl (C=O) groups excluding carboxylic acids is 1. The number of aryl methyl sites for hydroxylation is 2. The molecular weight excluding hydrogens is 304 g/mol. The summed E-state index contributed by atoms with van der Waals surface area (Å²) in [6.07, 6.45) is 4.84. The van der Waals surface area contributed by atoms with Crippen LogP contribution in [0.15, 0.2) is 41.3 Å². The van der Waals surface area contributed by atoms with E-state index in [0.717, 1.165) is 42.5 Å². The number of para-hydroxylation sites is 1. The van der Waals surface area contributed by atoms with Gasteiger partial charge in [-0.05, 0) is 18.9 Å². The van der Waals surface area contributed by atoms with Gasteiger partial charge in [-0.1, -0.05) is 18.2 Å². The maximum Gasteiger partial charge on any atom is 0.257 e. The molecule has 0 fully saturated rings. The van der Waals surface area contributed by atoms with Crippen LogP contribution in [0.1, 0.15) is 29.0 Å². The largest absolute Gasteiger partial charge is 0.315 e. The van der Waals surface area contributed by atoms with Crippen LogP contribution in [0.4, 0.5) is 5.82 Å². The quantitative estimate of drug-likeness (QED) is 0.787. The number of pyridine rings is 1. The lowest BCUT2D eigenvalue weighted by atomic mass is 10.1. The molecule has 3 aromatic rings. The molecule has 0 aliphatic carbocycles. The van der Waals surface area contributed by atoms with Crippen LogP contribution in [0.5, 0.6) is 0 Å². The number of fused-ring (bicyclic) bond motifs is 2. The van der Waals surface area contributed by atoms with Crippen LogP contribution < -0.4 is 10.9 Å². The first-order valence-corrected chi connectivity index (χ1v) is 8.09. The van der Waals surface area contributed by atoms with Gasteiger partial charge in [-0.15, -0.1) is 0 Å². The number of nitrogens with zero attached hydrogens (tertiary/aromatic N) is 3. The third kappa shape index (κ3) is 2.31. The Bertz CT molecular complexity index is 1000. The molecule has 24 heavy (non-hydrogen) atoms. The number of amides is 1. The van der Waals surface area contributed by atoms with E-state index < -0.39 is 0 Å². The Morgan fingerprint density at radius 2 is 2.08 bits per heavy atom. The topological polar surface area (TPSA) is 68.9 Å². The Morgan fingerprint density at radius 1 is 1.25 bits per heavy atom. The summed E-state index contributed by atoms with van der Waals surface area (Å²) in [5.74, 6) is 1.42. The van der Waals surface area contributed by atoms with Gasteiger partial charge < -0.3 is 14.5 Å². The zero-order valence-corrected chi connectivity index (χ0v) is 13.5. The molecule has 0 radical (unpaired) electrons. The van der Waals surface area contributed by atoms with E-state index in [-0.39, 0.29) is 11.5 Å². The lowest BCUT2D eigenvalue weighted by molar-refractivity contribution is 0.102. The van der Waals surface area contributed by atoms with E-state index in [1.807, 2.05) is 28.8 Å². The van der Waals surface area contributed by atoms with E-state index >= 15 is 0 Å². The van der Waals surface area contributed by atoms with Gasteiger partial charge in [0.1, 0.15) is 11.6 Å². The molecule has 6 nitrogen and oxygen atoms in total. The number of benzene rings is 1. The molecule has 0 unspecified atom stereocenters. The summed E-state index contributed by atoms with van der Waals surface area (Å²) in [6, 6.07) is 8.82. The Morgan fingerprint density at radius 3 is 2.96 bits per heavy atom. The van der Waals surface area contributed by atoms with Crippen molar-refractivity contribution in [3.63, 3.8) is 0 Å². The zero-order chi connectivity index (χ0) is 16.7. The molecule has 0 spiro atoms. The molecule has 4 rings (SSSR count). The molecule has 0 bridgehead atoms. The number of hydrogen-bond donors (Lipinski definition) is 1. The fraction of sp³-hybridized carbons (Fsp3) is 0.278. The number of nitrogens with one attached hydrogen (secondary N) is 1. The molecule has 122 valence electrons. The Hall–Kier alpha value is -2.89. The summed E-state index contributed by atoms with van der Waals surface area (Å²) < 4.78 is 3.59. The second-order valence-corrected chi connectivity index (χ2v) is 6.09. The van der Waals surface area contributed by atoms with Crippen LogP contribution in [-0.2, 0) is 20.0 Å². The van der Waals surface area contributed by atoms with Gasteiger partial charge >= 0.3 is 0 Å². The molecule has 1 aromatic carbocycles. The highest BCUT2D eigenvalue weighted by atomic mass is 16.2. The summed E-state index contributed by atoms with van der Waals surface area (Å²) in [5, 5.41) is 3.68. The highest BCUT2D eigenvalue weighted by Crippen LogP contribution is 2.22. The summed E-state index contributed by atoms with van der Waals surface area (Å²) in [4.78, 5) is 29.3. The van der Waals surface area contributed by atoms with Crippen LogP contribution in [0.25, 0.3) is 10.9 Å². The molecule has 3 heterocycles. The summed E-state index contributed by atoms with van der Waals surface area (Å²) >= 11 is 0. The van der Waals surface area contributed by atoms with Crippen LogP contribution >= 0.6 is 0 Å². The van der Waals surface area contributed by atoms with Crippen molar-refractivity contribution in [1.29, 1.82) is 0 Å². The number of hydrogen-bond acceptors (Lipinski definition) is 3. The number of anilines is 1. The first-order valence-electron chi connectivity index (χ1n) is 8.09. The second kappa shape index (κ2) is 5.63. The molecule has 0 atom stereocenters. The van der Waals surface area contributed by atoms with Crippen molar-refractivity contribution in [2.24, 2.45) is 7.05 Å². The van der Waals surface area contributed by atoms with Crippen molar-refractivity contribution in [2.45, 2.75) is 25.8 Å². The summed E-state index contributed by atoms with van der Waals surface area (Å²) in [6.45, 7) is 0.863. The molecular formula is C18H18N4O2. The van der Waals surface area contributed by atoms with Gasteiger partial charge in [-0.25, -0.2) is 4.98 Å². The molecule has 1 aliphatic rings. The van der Waals surface area contributed by atoms with E-state index in [4.69, 9.17) is 0 Å². The Labute approximate surface area is 138 Å². The van der Waals surface area contributed by atoms with Crippen LogP contribution in [0, 0.1) is 0 Å². The molecule has 1 aliphatic heterocycles. The fourth-order valence-electron chi connectivity index (χ4n) is 3.30. The second-order valence-electron chi connectivity index (χ2n) is 6.09. The minimum absolute atomic E-state index is 0.200. The van der Waals surface area contributed by atoms with Gasteiger partial charge in [0.25, 0.3) is 11.5 Å². The Kier molecular flexibility index (Phi) is 3.45. The predicted molar refractivity (Wildman–Crippen MR) is 92.3 cm³/mol. The van der Waals surface area contributed by atoms with Crippen molar-refractivity contribution in [1.82, 2.24) is 14.1 Å². The Balaban J connectivity index is 1.76. The van der Waals surface area contributed by atoms with Gasteiger partial charge in [0, 0.05) is 31.5 Å². The van der Waals surface area contributed by atoms with E-state index in [0.29, 0.717) is 11.4 Å². The molecule has 2 aromatic heterocycles. The molecule has 6 heteroatoms. The van der Waals surface area contributed by atoms with Crippen LogP contribution in [0.3, 0.4) is 0 Å². The minimum Gasteiger partial charge on any atom is -0.315 e. The van der Waals surface area contributed by atoms with Crippen molar-refractivity contribution < 1.29 is 4.79 Å². The van der Waals surface area contributed by atoms with Crippen molar-refractivity contribution in [2.75, 3.05) is 5.32 Å². The first-order chi connectivity index (χ1) is 11.6. The highest BCUT2D eigenvalue weighted by Gasteiger charge is 2.18. The van der Waals surface area contributed by atoms with Gasteiger partial charge in [0.15, 0.2) is 0 Å². The van der Waals surface area contributed by atoms with Crippen molar-refractivity contribution >= 4 is 22.6 Å². The molecule has 0 saturated heterocycles. The summed E-state index contributed by atoms with van der Waals surface area (Å²) in [7, 11) is 1.71.